The average Bonchev–Trinajstić information content (AvgIpc) is 2.33. The first-order chi connectivity index (χ1) is 8.63. The van der Waals surface area contributed by atoms with E-state index in [4.69, 9.17) is 9.47 Å². The predicted octanol–water partition coefficient (Wildman–Crippen LogP) is 1.77. The van der Waals surface area contributed by atoms with Gasteiger partial charge in [-0.15, -0.1) is 0 Å². The van der Waals surface area contributed by atoms with Crippen molar-refractivity contribution < 1.29 is 18.3 Å². The molecule has 0 saturated carbocycles. The lowest BCUT2D eigenvalue weighted by Crippen LogP contribution is -2.20. The number of nitrogens with zero attached hydrogens (tertiary/aromatic N) is 1. The molecule has 6 heteroatoms. The Morgan fingerprint density at radius 1 is 1.39 bits per heavy atom. The highest BCUT2D eigenvalue weighted by Gasteiger charge is 2.09. The predicted molar refractivity (Wildman–Crippen MR) is 64.1 cm³/mol. The number of hydrogen-bond acceptors (Lipinski definition) is 4. The Bertz CT molecular complexity index is 362. The number of alkyl halides is 2. The number of methoxy groups -OCH3 is 1. The van der Waals surface area contributed by atoms with Crippen molar-refractivity contribution in [2.75, 3.05) is 26.9 Å². The third kappa shape index (κ3) is 5.37. The topological polar surface area (TPSA) is 43.4 Å². The molecule has 0 radical (unpaired) electrons. The summed E-state index contributed by atoms with van der Waals surface area (Å²) in [5.41, 5.74) is 1.45. The normalized spacial score (nSPS) is 10.9. The van der Waals surface area contributed by atoms with Gasteiger partial charge < -0.3 is 14.8 Å². The second-order valence-corrected chi connectivity index (χ2v) is 3.77. The molecule has 0 aliphatic heterocycles. The smallest absolute Gasteiger partial charge is 0.272 e. The Morgan fingerprint density at radius 2 is 2.17 bits per heavy atom. The maximum Gasteiger partial charge on any atom is 0.272 e. The molecule has 0 fully saturated rings. The number of aromatic nitrogens is 1. The van der Waals surface area contributed by atoms with Crippen molar-refractivity contribution in [3.05, 3.63) is 23.5 Å². The summed E-state index contributed by atoms with van der Waals surface area (Å²) in [4.78, 5) is 4.28. The van der Waals surface area contributed by atoms with Gasteiger partial charge in [0.2, 0.25) is 0 Å². The summed E-state index contributed by atoms with van der Waals surface area (Å²) >= 11 is 0. The van der Waals surface area contributed by atoms with Gasteiger partial charge in [-0.05, 0) is 19.1 Å². The fourth-order valence-electron chi connectivity index (χ4n) is 1.39. The van der Waals surface area contributed by atoms with E-state index >= 15 is 0 Å². The highest BCUT2D eigenvalue weighted by atomic mass is 19.3. The van der Waals surface area contributed by atoms with E-state index in [2.05, 4.69) is 10.3 Å². The molecule has 1 heterocycles. The average molecular weight is 260 g/mol. The lowest BCUT2D eigenvalue weighted by molar-refractivity contribution is 0.0811. The Kier molecular flexibility index (Phi) is 6.53. The van der Waals surface area contributed by atoms with Crippen LogP contribution >= 0.6 is 0 Å². The third-order valence-electron chi connectivity index (χ3n) is 2.21. The van der Waals surface area contributed by atoms with E-state index in [-0.39, 0.29) is 0 Å². The number of nitrogens with one attached hydrogen (secondary N) is 1. The molecule has 0 aliphatic rings. The molecule has 0 atom stereocenters. The van der Waals surface area contributed by atoms with Gasteiger partial charge in [0.1, 0.15) is 12.4 Å². The molecule has 18 heavy (non-hydrogen) atoms. The second-order valence-electron chi connectivity index (χ2n) is 3.77. The van der Waals surface area contributed by atoms with E-state index in [1.807, 2.05) is 6.92 Å². The lowest BCUT2D eigenvalue weighted by atomic mass is 10.3. The van der Waals surface area contributed by atoms with Crippen molar-refractivity contribution in [2.45, 2.75) is 19.9 Å². The molecule has 0 saturated heterocycles. The first-order valence-corrected chi connectivity index (χ1v) is 5.70. The van der Waals surface area contributed by atoms with E-state index in [0.29, 0.717) is 31.1 Å². The number of pyridine rings is 1. The number of hydrogen-bond donors (Lipinski definition) is 1. The molecule has 102 valence electrons. The van der Waals surface area contributed by atoms with Crippen LogP contribution in [0.1, 0.15) is 11.4 Å². The van der Waals surface area contributed by atoms with Gasteiger partial charge in [0.05, 0.1) is 12.3 Å². The zero-order valence-corrected chi connectivity index (χ0v) is 10.6. The van der Waals surface area contributed by atoms with Crippen molar-refractivity contribution in [1.29, 1.82) is 0 Å². The van der Waals surface area contributed by atoms with Crippen LogP contribution in [-0.2, 0) is 11.3 Å². The molecule has 0 unspecified atom stereocenters. The molecule has 0 spiro atoms. The largest absolute Gasteiger partial charge is 0.486 e. The lowest BCUT2D eigenvalue weighted by Gasteiger charge is -2.11. The van der Waals surface area contributed by atoms with Gasteiger partial charge in [0, 0.05) is 25.9 Å². The summed E-state index contributed by atoms with van der Waals surface area (Å²) in [5, 5.41) is 3.10. The minimum Gasteiger partial charge on any atom is -0.486 e. The number of rotatable bonds is 8. The Balaban J connectivity index is 2.58. The van der Waals surface area contributed by atoms with Gasteiger partial charge in [0.15, 0.2) is 0 Å². The molecular weight excluding hydrogens is 242 g/mol. The number of halogens is 2. The molecule has 1 rings (SSSR count). The number of aryl methyl sites for hydroxylation is 1. The summed E-state index contributed by atoms with van der Waals surface area (Å²) < 4.78 is 34.1. The first-order valence-electron chi connectivity index (χ1n) is 5.70. The first kappa shape index (κ1) is 14.8. The Morgan fingerprint density at radius 3 is 2.83 bits per heavy atom. The van der Waals surface area contributed by atoms with Crippen molar-refractivity contribution >= 4 is 0 Å². The summed E-state index contributed by atoms with van der Waals surface area (Å²) in [6.07, 6.45) is -2.49. The molecule has 1 aromatic rings. The van der Waals surface area contributed by atoms with Crippen LogP contribution in [0.5, 0.6) is 5.75 Å². The molecule has 4 nitrogen and oxygen atoms in total. The van der Waals surface area contributed by atoms with Crippen molar-refractivity contribution in [3.63, 3.8) is 0 Å². The third-order valence-corrected chi connectivity index (χ3v) is 2.21. The van der Waals surface area contributed by atoms with E-state index in [9.17, 15) is 8.78 Å². The Hall–Kier alpha value is -1.27. The van der Waals surface area contributed by atoms with Crippen molar-refractivity contribution in [1.82, 2.24) is 10.3 Å². The van der Waals surface area contributed by atoms with Crippen LogP contribution in [0.15, 0.2) is 12.1 Å². The van der Waals surface area contributed by atoms with Crippen molar-refractivity contribution in [3.8, 4) is 5.75 Å². The molecule has 1 N–H and O–H groups in total. The number of ether oxygens (including phenoxy) is 2. The second kappa shape index (κ2) is 7.94. The van der Waals surface area contributed by atoms with E-state index in [0.717, 1.165) is 5.69 Å². The van der Waals surface area contributed by atoms with Gasteiger partial charge in [-0.2, -0.15) is 0 Å². The fourth-order valence-corrected chi connectivity index (χ4v) is 1.39. The monoisotopic (exact) mass is 260 g/mol. The van der Waals surface area contributed by atoms with Gasteiger partial charge in [-0.25, -0.2) is 8.78 Å². The van der Waals surface area contributed by atoms with Crippen LogP contribution in [0.4, 0.5) is 8.78 Å². The summed E-state index contributed by atoms with van der Waals surface area (Å²) in [6, 6.07) is 3.40. The maximum absolute atomic E-state index is 12.1. The zero-order valence-electron chi connectivity index (χ0n) is 10.6. The van der Waals surface area contributed by atoms with Crippen LogP contribution in [0.3, 0.4) is 0 Å². The van der Waals surface area contributed by atoms with Crippen molar-refractivity contribution in [2.24, 2.45) is 0 Å². The highest BCUT2D eigenvalue weighted by Crippen LogP contribution is 2.17. The summed E-state index contributed by atoms with van der Waals surface area (Å²) in [6.45, 7) is 2.94. The van der Waals surface area contributed by atoms with Gasteiger partial charge >= 0.3 is 0 Å². The minimum absolute atomic E-state index is 0.394. The van der Waals surface area contributed by atoms with E-state index in [1.165, 1.54) is 0 Å². The molecule has 0 bridgehead atoms. The SMILES string of the molecule is COCCNCc1nc(C)ccc1OCC(F)F. The highest BCUT2D eigenvalue weighted by molar-refractivity contribution is 5.29. The standard InChI is InChI=1S/C12H18F2N2O2/c1-9-3-4-11(18-8-12(13)14)10(16-9)7-15-5-6-17-2/h3-4,12,15H,5-8H2,1-2H3. The van der Waals surface area contributed by atoms with Crippen LogP contribution in [0.25, 0.3) is 0 Å². The van der Waals surface area contributed by atoms with Crippen LogP contribution in [0.2, 0.25) is 0 Å². The summed E-state index contributed by atoms with van der Waals surface area (Å²) in [7, 11) is 1.61. The van der Waals surface area contributed by atoms with E-state index < -0.39 is 13.0 Å². The summed E-state index contributed by atoms with van der Waals surface area (Å²) in [5.74, 6) is 0.394. The molecule has 0 amide bonds. The minimum atomic E-state index is -2.49. The molecular formula is C12H18F2N2O2. The zero-order chi connectivity index (χ0) is 13.4. The van der Waals surface area contributed by atoms with Gasteiger partial charge in [0.25, 0.3) is 6.43 Å². The van der Waals surface area contributed by atoms with Crippen LogP contribution < -0.4 is 10.1 Å². The molecule has 0 aromatic carbocycles. The maximum atomic E-state index is 12.1. The van der Waals surface area contributed by atoms with Crippen LogP contribution in [-0.4, -0.2) is 38.3 Å². The van der Waals surface area contributed by atoms with E-state index in [1.54, 1.807) is 19.2 Å². The molecule has 0 aliphatic carbocycles. The molecule has 1 aromatic heterocycles. The van der Waals surface area contributed by atoms with Gasteiger partial charge in [-0.1, -0.05) is 0 Å². The fraction of sp³-hybridized carbons (Fsp3) is 0.583. The Labute approximate surface area is 105 Å². The quantitative estimate of drug-likeness (QED) is 0.723. The van der Waals surface area contributed by atoms with Gasteiger partial charge in [-0.3, -0.25) is 4.98 Å². The van der Waals surface area contributed by atoms with Crippen LogP contribution in [0, 0.1) is 6.92 Å².